The minimum Gasteiger partial charge on any atom is -0.495 e. The molecule has 0 aromatic heterocycles. The normalized spacial score (nSPS) is 11.6. The van der Waals surface area contributed by atoms with Crippen molar-refractivity contribution in [3.05, 3.63) is 59.6 Å². The number of halogens is 1. The number of carbonyl (C=O) groups is 1. The number of thioether (sulfide) groups is 1. The first kappa shape index (κ1) is 22.4. The van der Waals surface area contributed by atoms with Crippen molar-refractivity contribution in [3.8, 4) is 5.75 Å². The summed E-state index contributed by atoms with van der Waals surface area (Å²) in [6.07, 6.45) is 0. The van der Waals surface area contributed by atoms with Crippen molar-refractivity contribution in [2.24, 2.45) is 0 Å². The Kier molecular flexibility index (Phi) is 6.92. The van der Waals surface area contributed by atoms with Crippen LogP contribution in [0.3, 0.4) is 0 Å². The Bertz CT molecular complexity index is 1190. The number of nitrogens with one attached hydrogen (secondary N) is 1. The molecule has 1 N–H and O–H groups in total. The van der Waals surface area contributed by atoms with Gasteiger partial charge in [0, 0.05) is 29.4 Å². The Morgan fingerprint density at radius 3 is 2.50 bits per heavy atom. The smallest absolute Gasteiger partial charge is 0.242 e. The number of anilines is 1. The zero-order chi connectivity index (χ0) is 21.9. The molecule has 1 amide bonds. The lowest BCUT2D eigenvalue weighted by Gasteiger charge is -2.15. The molecule has 0 saturated carbocycles. The quantitative estimate of drug-likeness (QED) is 0.521. The third-order valence-corrected chi connectivity index (χ3v) is 7.58. The molecule has 0 aliphatic carbocycles. The fourth-order valence-corrected chi connectivity index (χ4v) is 5.04. The second-order valence-electron chi connectivity index (χ2n) is 6.58. The first-order chi connectivity index (χ1) is 14.2. The van der Waals surface area contributed by atoms with Crippen molar-refractivity contribution in [1.82, 2.24) is 4.31 Å². The van der Waals surface area contributed by atoms with E-state index in [4.69, 9.17) is 16.3 Å². The second kappa shape index (κ2) is 9.26. The van der Waals surface area contributed by atoms with Crippen LogP contribution in [0.4, 0.5) is 5.69 Å². The number of benzene rings is 3. The summed E-state index contributed by atoms with van der Waals surface area (Å²) in [7, 11) is 0.715. The molecule has 158 valence electrons. The highest BCUT2D eigenvalue weighted by Crippen LogP contribution is 2.34. The zero-order valence-electron chi connectivity index (χ0n) is 16.7. The minimum atomic E-state index is -3.64. The highest BCUT2D eigenvalue weighted by Gasteiger charge is 2.20. The maximum absolute atomic E-state index is 12.6. The van der Waals surface area contributed by atoms with Gasteiger partial charge in [-0.15, -0.1) is 11.8 Å². The van der Waals surface area contributed by atoms with Crippen LogP contribution in [0.5, 0.6) is 5.75 Å². The number of carbonyl (C=O) groups excluding carboxylic acids is 1. The third-order valence-electron chi connectivity index (χ3n) is 4.40. The number of nitrogens with zero attached hydrogens (tertiary/aromatic N) is 1. The highest BCUT2D eigenvalue weighted by molar-refractivity contribution is 8.00. The van der Waals surface area contributed by atoms with Crippen molar-refractivity contribution >= 4 is 55.8 Å². The fourth-order valence-electron chi connectivity index (χ4n) is 2.87. The first-order valence-corrected chi connectivity index (χ1v) is 11.7. The van der Waals surface area contributed by atoms with Gasteiger partial charge in [-0.05, 0) is 35.7 Å². The molecule has 3 rings (SSSR count). The van der Waals surface area contributed by atoms with E-state index in [1.807, 2.05) is 36.4 Å². The molecular formula is C21H21ClN2O4S2. The molecule has 0 radical (unpaired) electrons. The molecule has 30 heavy (non-hydrogen) atoms. The molecule has 0 atom stereocenters. The Morgan fingerprint density at radius 1 is 1.13 bits per heavy atom. The first-order valence-electron chi connectivity index (χ1n) is 8.94. The van der Waals surface area contributed by atoms with E-state index in [1.54, 1.807) is 0 Å². The lowest BCUT2D eigenvalue weighted by Crippen LogP contribution is -2.22. The molecule has 0 spiro atoms. The standard InChI is InChI=1S/C21H21ClN2O4S2/c1-24(2)30(26,27)15-10-11-18(28-3)17(12-15)23-20(25)13-29-19-9-5-7-14-6-4-8-16(22)21(14)19/h4-12H,13H2,1-3H3,(H,23,25). The molecule has 3 aromatic rings. The molecule has 0 aliphatic heterocycles. The molecule has 6 nitrogen and oxygen atoms in total. The molecule has 0 aliphatic rings. The van der Waals surface area contributed by atoms with Crippen molar-refractivity contribution in [2.45, 2.75) is 9.79 Å². The number of sulfonamides is 1. The van der Waals surface area contributed by atoms with Gasteiger partial charge in [-0.25, -0.2) is 12.7 Å². The van der Waals surface area contributed by atoms with Gasteiger partial charge in [0.15, 0.2) is 0 Å². The Labute approximate surface area is 185 Å². The Hall–Kier alpha value is -2.26. The van der Waals surface area contributed by atoms with E-state index in [0.29, 0.717) is 16.5 Å². The topological polar surface area (TPSA) is 75.7 Å². The van der Waals surface area contributed by atoms with Crippen molar-refractivity contribution < 1.29 is 17.9 Å². The highest BCUT2D eigenvalue weighted by atomic mass is 35.5. The van der Waals surface area contributed by atoms with Crippen LogP contribution in [0.15, 0.2) is 64.4 Å². The van der Waals surface area contributed by atoms with Gasteiger partial charge in [0.05, 0.1) is 23.4 Å². The summed E-state index contributed by atoms with van der Waals surface area (Å²) >= 11 is 7.70. The van der Waals surface area contributed by atoms with Crippen LogP contribution in [0.25, 0.3) is 10.8 Å². The van der Waals surface area contributed by atoms with E-state index in [2.05, 4.69) is 5.32 Å². The summed E-state index contributed by atoms with van der Waals surface area (Å²) in [5.41, 5.74) is 0.293. The number of rotatable bonds is 7. The molecule has 0 heterocycles. The van der Waals surface area contributed by atoms with Gasteiger partial charge in [0.25, 0.3) is 0 Å². The predicted octanol–water partition coefficient (Wildman–Crippen LogP) is 4.48. The zero-order valence-corrected chi connectivity index (χ0v) is 19.1. The number of ether oxygens (including phenoxy) is 1. The van der Waals surface area contributed by atoms with Crippen LogP contribution in [-0.2, 0) is 14.8 Å². The van der Waals surface area contributed by atoms with Gasteiger partial charge < -0.3 is 10.1 Å². The van der Waals surface area contributed by atoms with Gasteiger partial charge in [-0.3, -0.25) is 4.79 Å². The van der Waals surface area contributed by atoms with Crippen molar-refractivity contribution in [2.75, 3.05) is 32.3 Å². The largest absolute Gasteiger partial charge is 0.495 e. The third kappa shape index (κ3) is 4.73. The average molecular weight is 465 g/mol. The van der Waals surface area contributed by atoms with Crippen LogP contribution in [0.2, 0.25) is 5.02 Å². The lowest BCUT2D eigenvalue weighted by atomic mass is 10.1. The van der Waals surface area contributed by atoms with E-state index < -0.39 is 10.0 Å². The molecule has 9 heteroatoms. The summed E-state index contributed by atoms with van der Waals surface area (Å²) in [6.45, 7) is 0. The van der Waals surface area contributed by atoms with Gasteiger partial charge >= 0.3 is 0 Å². The average Bonchev–Trinajstić information content (AvgIpc) is 2.72. The molecule has 3 aromatic carbocycles. The van der Waals surface area contributed by atoms with E-state index >= 15 is 0 Å². The lowest BCUT2D eigenvalue weighted by molar-refractivity contribution is -0.113. The number of hydrogen-bond donors (Lipinski definition) is 1. The summed E-state index contributed by atoms with van der Waals surface area (Å²) in [5, 5.41) is 5.27. The van der Waals surface area contributed by atoms with Gasteiger partial charge in [0.1, 0.15) is 5.75 Å². The minimum absolute atomic E-state index is 0.0667. The van der Waals surface area contributed by atoms with Crippen LogP contribution >= 0.6 is 23.4 Å². The van der Waals surface area contributed by atoms with Crippen LogP contribution in [-0.4, -0.2) is 45.6 Å². The Balaban J connectivity index is 1.80. The maximum Gasteiger partial charge on any atom is 0.242 e. The summed E-state index contributed by atoms with van der Waals surface area (Å²) in [4.78, 5) is 13.5. The molecular weight excluding hydrogens is 444 g/mol. The number of amides is 1. The molecule has 0 saturated heterocycles. The van der Waals surface area contributed by atoms with Gasteiger partial charge in [0.2, 0.25) is 15.9 Å². The number of hydrogen-bond acceptors (Lipinski definition) is 5. The van der Waals surface area contributed by atoms with E-state index in [-0.39, 0.29) is 16.6 Å². The molecule has 0 fully saturated rings. The van der Waals surface area contributed by atoms with Crippen molar-refractivity contribution in [1.29, 1.82) is 0 Å². The SMILES string of the molecule is COc1ccc(S(=O)(=O)N(C)C)cc1NC(=O)CSc1cccc2cccc(Cl)c12. The van der Waals surface area contributed by atoms with E-state index in [0.717, 1.165) is 20.0 Å². The Morgan fingerprint density at radius 2 is 1.83 bits per heavy atom. The maximum atomic E-state index is 12.6. The van der Waals surface area contributed by atoms with E-state index in [9.17, 15) is 13.2 Å². The van der Waals surface area contributed by atoms with Crippen LogP contribution in [0.1, 0.15) is 0 Å². The van der Waals surface area contributed by atoms with E-state index in [1.165, 1.54) is 51.2 Å². The second-order valence-corrected chi connectivity index (χ2v) is 10.2. The summed E-state index contributed by atoms with van der Waals surface area (Å²) in [5.74, 6) is 0.207. The number of methoxy groups -OCH3 is 1. The van der Waals surface area contributed by atoms with Crippen LogP contribution in [0, 0.1) is 0 Å². The van der Waals surface area contributed by atoms with Crippen LogP contribution < -0.4 is 10.1 Å². The summed E-state index contributed by atoms with van der Waals surface area (Å²) < 4.78 is 31.2. The predicted molar refractivity (Wildman–Crippen MR) is 122 cm³/mol. The molecule has 0 unspecified atom stereocenters. The molecule has 0 bridgehead atoms. The number of fused-ring (bicyclic) bond motifs is 1. The van der Waals surface area contributed by atoms with Gasteiger partial charge in [-0.1, -0.05) is 35.9 Å². The monoisotopic (exact) mass is 464 g/mol. The van der Waals surface area contributed by atoms with Crippen molar-refractivity contribution in [3.63, 3.8) is 0 Å². The van der Waals surface area contributed by atoms with Gasteiger partial charge in [-0.2, -0.15) is 0 Å². The fraction of sp³-hybridized carbons (Fsp3) is 0.190. The summed E-state index contributed by atoms with van der Waals surface area (Å²) in [6, 6.07) is 15.8.